The van der Waals surface area contributed by atoms with E-state index in [1.807, 2.05) is 54.7 Å². The first kappa shape index (κ1) is 24.7. The van der Waals surface area contributed by atoms with Crippen LogP contribution in [0.4, 0.5) is 10.7 Å². The number of fused-ring (bicyclic) bond motifs is 1. The maximum Gasteiger partial charge on any atom is 0.259 e. The van der Waals surface area contributed by atoms with Gasteiger partial charge in [-0.25, -0.2) is 4.99 Å². The summed E-state index contributed by atoms with van der Waals surface area (Å²) in [7, 11) is 0. The molecule has 6 heteroatoms. The Kier molecular flexibility index (Phi) is 8.57. The van der Waals surface area contributed by atoms with Gasteiger partial charge in [0, 0.05) is 16.8 Å². The molecule has 0 radical (unpaired) electrons. The highest BCUT2D eigenvalue weighted by Crippen LogP contribution is 2.39. The van der Waals surface area contributed by atoms with E-state index in [1.165, 1.54) is 29.7 Å². The molecule has 0 aliphatic heterocycles. The monoisotopic (exact) mass is 538 g/mol. The van der Waals surface area contributed by atoms with Gasteiger partial charge in [-0.2, -0.15) is 0 Å². The van der Waals surface area contributed by atoms with Crippen molar-refractivity contribution in [3.63, 3.8) is 0 Å². The number of carbonyl (C=O) groups excluding carboxylic acids is 1. The molecule has 1 heterocycles. The van der Waals surface area contributed by atoms with Crippen LogP contribution in [0.2, 0.25) is 0 Å². The van der Waals surface area contributed by atoms with Gasteiger partial charge in [-0.3, -0.25) is 4.79 Å². The van der Waals surface area contributed by atoms with E-state index in [9.17, 15) is 4.79 Å². The summed E-state index contributed by atoms with van der Waals surface area (Å²) in [6.07, 6.45) is 8.55. The van der Waals surface area contributed by atoms with Gasteiger partial charge in [-0.15, -0.1) is 11.3 Å². The Labute approximate surface area is 214 Å². The number of aryl methyl sites for hydroxylation is 1. The second-order valence-electron chi connectivity index (χ2n) is 9.07. The maximum atomic E-state index is 13.4. The highest BCUT2D eigenvalue weighted by Gasteiger charge is 2.24. The molecule has 1 aromatic heterocycles. The molecule has 4 nitrogen and oxygen atoms in total. The van der Waals surface area contributed by atoms with Crippen LogP contribution in [0.5, 0.6) is 5.75 Å². The number of carbonyl (C=O) groups is 1. The zero-order chi connectivity index (χ0) is 23.9. The van der Waals surface area contributed by atoms with Gasteiger partial charge in [0.2, 0.25) is 0 Å². The third kappa shape index (κ3) is 6.36. The lowest BCUT2D eigenvalue weighted by atomic mass is 9.96. The van der Waals surface area contributed by atoms with E-state index >= 15 is 0 Å². The summed E-state index contributed by atoms with van der Waals surface area (Å²) in [6.45, 7) is 4.93. The molecule has 1 amide bonds. The molecule has 0 unspecified atom stereocenters. The Hall–Kier alpha value is -2.44. The third-order valence-electron chi connectivity index (χ3n) is 5.77. The van der Waals surface area contributed by atoms with Crippen LogP contribution in [0.1, 0.15) is 65.9 Å². The topological polar surface area (TPSA) is 50.7 Å². The van der Waals surface area contributed by atoms with E-state index < -0.39 is 0 Å². The van der Waals surface area contributed by atoms with Crippen molar-refractivity contribution in [2.75, 3.05) is 11.9 Å². The lowest BCUT2D eigenvalue weighted by Crippen LogP contribution is -2.14. The van der Waals surface area contributed by atoms with Gasteiger partial charge in [0.25, 0.3) is 5.91 Å². The highest BCUT2D eigenvalue weighted by molar-refractivity contribution is 9.10. The van der Waals surface area contributed by atoms with Crippen molar-refractivity contribution < 1.29 is 9.53 Å². The van der Waals surface area contributed by atoms with Crippen LogP contribution in [0, 0.1) is 5.92 Å². The number of amides is 1. The van der Waals surface area contributed by atoms with Crippen molar-refractivity contribution in [2.45, 2.75) is 52.4 Å². The molecule has 4 rings (SSSR count). The van der Waals surface area contributed by atoms with Crippen molar-refractivity contribution in [3.8, 4) is 5.75 Å². The van der Waals surface area contributed by atoms with E-state index in [0.29, 0.717) is 12.5 Å². The van der Waals surface area contributed by atoms with Gasteiger partial charge in [-0.1, -0.05) is 44.9 Å². The number of thiophene rings is 1. The number of ether oxygens (including phenoxy) is 1. The molecule has 0 fully saturated rings. The van der Waals surface area contributed by atoms with Crippen LogP contribution in [-0.4, -0.2) is 18.7 Å². The Bertz CT molecular complexity index is 1150. The van der Waals surface area contributed by atoms with Gasteiger partial charge >= 0.3 is 0 Å². The summed E-state index contributed by atoms with van der Waals surface area (Å²) in [6, 6.07) is 15.6. The van der Waals surface area contributed by atoms with Crippen LogP contribution in [0.3, 0.4) is 0 Å². The predicted molar refractivity (Wildman–Crippen MR) is 146 cm³/mol. The SMILES string of the molecule is CC(C)COc1ccc(C=Nc2sc3c(c2C(=O)Nc2ccccc2)CCCCCC3)cc1Br. The molecule has 1 aliphatic rings. The molecular formula is C28H31BrN2O2S. The summed E-state index contributed by atoms with van der Waals surface area (Å²) < 4.78 is 6.76. The van der Waals surface area contributed by atoms with Gasteiger partial charge in [0.15, 0.2) is 0 Å². The number of nitrogens with one attached hydrogen (secondary N) is 1. The van der Waals surface area contributed by atoms with E-state index in [4.69, 9.17) is 9.73 Å². The molecular weight excluding hydrogens is 508 g/mol. The fourth-order valence-corrected chi connectivity index (χ4v) is 5.79. The second-order valence-corrected chi connectivity index (χ2v) is 11.0. The summed E-state index contributed by atoms with van der Waals surface area (Å²) in [5, 5.41) is 3.87. The largest absolute Gasteiger partial charge is 0.492 e. The molecule has 0 bridgehead atoms. The van der Waals surface area contributed by atoms with Crippen molar-refractivity contribution in [1.29, 1.82) is 0 Å². The Morgan fingerprint density at radius 3 is 2.62 bits per heavy atom. The van der Waals surface area contributed by atoms with E-state index in [1.54, 1.807) is 11.3 Å². The highest BCUT2D eigenvalue weighted by atomic mass is 79.9. The predicted octanol–water partition coefficient (Wildman–Crippen LogP) is 8.21. The van der Waals surface area contributed by atoms with Crippen LogP contribution >= 0.6 is 27.3 Å². The van der Waals surface area contributed by atoms with Crippen LogP contribution in [0.15, 0.2) is 58.0 Å². The van der Waals surface area contributed by atoms with Gasteiger partial charge < -0.3 is 10.1 Å². The average molecular weight is 540 g/mol. The quantitative estimate of drug-likeness (QED) is 0.308. The molecule has 3 aromatic rings. The first-order chi connectivity index (χ1) is 16.5. The smallest absolute Gasteiger partial charge is 0.259 e. The zero-order valence-electron chi connectivity index (χ0n) is 19.8. The minimum atomic E-state index is -0.0740. The number of rotatable bonds is 7. The molecule has 0 atom stereocenters. The Balaban J connectivity index is 1.63. The minimum Gasteiger partial charge on any atom is -0.492 e. The van der Waals surface area contributed by atoms with E-state index in [2.05, 4.69) is 35.1 Å². The standard InChI is InChI=1S/C28H31BrN2O2S/c1-19(2)18-33-24-15-14-20(16-23(24)29)17-30-28-26(27(32)31-21-10-6-5-7-11-21)22-12-8-3-4-9-13-25(22)34-28/h5-7,10-11,14-17,19H,3-4,8-9,12-13,18H2,1-2H3,(H,31,32). The van der Waals surface area contributed by atoms with Crippen LogP contribution in [0.25, 0.3) is 0 Å². The van der Waals surface area contributed by atoms with Gasteiger partial charge in [-0.05, 0) is 89.0 Å². The molecule has 2 aromatic carbocycles. The zero-order valence-corrected chi connectivity index (χ0v) is 22.2. The summed E-state index contributed by atoms with van der Waals surface area (Å²) in [5.74, 6) is 1.22. The van der Waals surface area contributed by atoms with Crippen molar-refractivity contribution in [1.82, 2.24) is 0 Å². The molecule has 0 saturated heterocycles. The summed E-state index contributed by atoms with van der Waals surface area (Å²) in [4.78, 5) is 19.5. The van der Waals surface area contributed by atoms with Crippen molar-refractivity contribution in [3.05, 3.63) is 74.6 Å². The minimum absolute atomic E-state index is 0.0740. The summed E-state index contributed by atoms with van der Waals surface area (Å²) in [5.41, 5.74) is 3.68. The van der Waals surface area contributed by atoms with Gasteiger partial charge in [0.05, 0.1) is 16.6 Å². The molecule has 0 saturated carbocycles. The second kappa shape index (κ2) is 11.8. The first-order valence-corrected chi connectivity index (χ1v) is 13.6. The average Bonchev–Trinajstić information content (AvgIpc) is 3.14. The number of benzene rings is 2. The number of halogens is 1. The number of nitrogens with zero attached hydrogens (tertiary/aromatic N) is 1. The third-order valence-corrected chi connectivity index (χ3v) is 7.59. The van der Waals surface area contributed by atoms with Crippen LogP contribution < -0.4 is 10.1 Å². The van der Waals surface area contributed by atoms with E-state index in [-0.39, 0.29) is 5.91 Å². The van der Waals surface area contributed by atoms with Crippen molar-refractivity contribution >= 4 is 50.1 Å². The fraction of sp³-hybridized carbons (Fsp3) is 0.357. The Morgan fingerprint density at radius 2 is 1.88 bits per heavy atom. The number of hydrogen-bond donors (Lipinski definition) is 1. The number of para-hydroxylation sites is 1. The number of aliphatic imine (C=N–C) groups is 1. The fourth-order valence-electron chi connectivity index (χ4n) is 4.05. The lowest BCUT2D eigenvalue weighted by molar-refractivity contribution is 0.102. The Morgan fingerprint density at radius 1 is 1.12 bits per heavy atom. The summed E-state index contributed by atoms with van der Waals surface area (Å²) >= 11 is 5.28. The van der Waals surface area contributed by atoms with Gasteiger partial charge in [0.1, 0.15) is 10.8 Å². The lowest BCUT2D eigenvalue weighted by Gasteiger charge is -2.12. The van der Waals surface area contributed by atoms with Crippen LogP contribution in [-0.2, 0) is 12.8 Å². The molecule has 0 spiro atoms. The van der Waals surface area contributed by atoms with Crippen molar-refractivity contribution in [2.24, 2.45) is 10.9 Å². The molecule has 178 valence electrons. The maximum absolute atomic E-state index is 13.4. The first-order valence-electron chi connectivity index (χ1n) is 12.0. The normalized spacial score (nSPS) is 14.0. The molecule has 34 heavy (non-hydrogen) atoms. The molecule has 1 aliphatic carbocycles. The molecule has 1 N–H and O–H groups in total. The van der Waals surface area contributed by atoms with E-state index in [0.717, 1.165) is 51.3 Å². The number of anilines is 1. The number of hydrogen-bond acceptors (Lipinski definition) is 4.